The van der Waals surface area contributed by atoms with Crippen LogP contribution in [0.2, 0.25) is 5.02 Å². The minimum absolute atomic E-state index is 0.188. The molecule has 1 amide bonds. The fourth-order valence-corrected chi connectivity index (χ4v) is 3.46. The number of pyridine rings is 1. The summed E-state index contributed by atoms with van der Waals surface area (Å²) < 4.78 is 15.6. The van der Waals surface area contributed by atoms with Gasteiger partial charge in [-0.15, -0.1) is 10.2 Å². The molecular formula is C18H17ClFN5O. The fourth-order valence-electron chi connectivity index (χ4n) is 3.26. The van der Waals surface area contributed by atoms with Crippen LogP contribution >= 0.6 is 11.6 Å². The number of carbonyl (C=O) groups excluding carboxylic acids is 1. The van der Waals surface area contributed by atoms with Crippen molar-refractivity contribution in [3.8, 4) is 0 Å². The van der Waals surface area contributed by atoms with Crippen LogP contribution in [0.25, 0.3) is 5.65 Å². The third-order valence-corrected chi connectivity index (χ3v) is 4.87. The Bertz CT molecular complexity index is 960. The van der Waals surface area contributed by atoms with Gasteiger partial charge < -0.3 is 10.2 Å². The lowest BCUT2D eigenvalue weighted by atomic mass is 9.97. The number of anilines is 2. The molecule has 1 fully saturated rings. The molecule has 0 bridgehead atoms. The predicted molar refractivity (Wildman–Crippen MR) is 98.0 cm³/mol. The number of carbonyl (C=O) groups is 1. The number of nitrogens with one attached hydrogen (secondary N) is 1. The minimum atomic E-state index is -0.438. The third kappa shape index (κ3) is 3.10. The molecule has 1 aliphatic rings. The van der Waals surface area contributed by atoms with Crippen molar-refractivity contribution < 1.29 is 9.18 Å². The van der Waals surface area contributed by atoms with E-state index in [1.54, 1.807) is 24.3 Å². The van der Waals surface area contributed by atoms with E-state index in [-0.39, 0.29) is 17.5 Å². The van der Waals surface area contributed by atoms with Gasteiger partial charge in [-0.25, -0.2) is 4.39 Å². The molecule has 2 aromatic heterocycles. The van der Waals surface area contributed by atoms with Gasteiger partial charge in [0.2, 0.25) is 11.9 Å². The van der Waals surface area contributed by atoms with Crippen LogP contribution < -0.4 is 10.2 Å². The van der Waals surface area contributed by atoms with Crippen molar-refractivity contribution in [2.24, 2.45) is 5.92 Å². The highest BCUT2D eigenvalue weighted by molar-refractivity contribution is 6.33. The first-order valence-corrected chi connectivity index (χ1v) is 8.81. The number of halogens is 2. The molecule has 8 heteroatoms. The molecule has 1 aliphatic heterocycles. The zero-order valence-corrected chi connectivity index (χ0v) is 14.7. The van der Waals surface area contributed by atoms with Crippen molar-refractivity contribution in [1.82, 2.24) is 14.6 Å². The van der Waals surface area contributed by atoms with E-state index < -0.39 is 5.82 Å². The number of nitrogens with zero attached hydrogens (tertiary/aromatic N) is 4. The molecule has 1 N–H and O–H groups in total. The van der Waals surface area contributed by atoms with Gasteiger partial charge in [0.05, 0.1) is 16.6 Å². The summed E-state index contributed by atoms with van der Waals surface area (Å²) in [7, 11) is 0. The van der Waals surface area contributed by atoms with Gasteiger partial charge in [-0.2, -0.15) is 0 Å². The van der Waals surface area contributed by atoms with Gasteiger partial charge in [-0.3, -0.25) is 9.20 Å². The Hall–Kier alpha value is -2.67. The number of hydrogen-bond donors (Lipinski definition) is 1. The van der Waals surface area contributed by atoms with Crippen LogP contribution in [0.1, 0.15) is 12.8 Å². The molecule has 0 radical (unpaired) electrons. The van der Waals surface area contributed by atoms with Gasteiger partial charge in [-0.1, -0.05) is 23.7 Å². The Morgan fingerprint density at radius 1 is 1.23 bits per heavy atom. The molecule has 0 aliphatic carbocycles. The molecule has 0 saturated carbocycles. The molecule has 1 atom stereocenters. The lowest BCUT2D eigenvalue weighted by Gasteiger charge is -2.32. The van der Waals surface area contributed by atoms with Crippen LogP contribution in [0, 0.1) is 11.7 Å². The van der Waals surface area contributed by atoms with Gasteiger partial charge in [0.25, 0.3) is 0 Å². The molecule has 1 aromatic carbocycles. The second-order valence-electron chi connectivity index (χ2n) is 6.30. The molecule has 26 heavy (non-hydrogen) atoms. The van der Waals surface area contributed by atoms with Crippen LogP contribution in [0.4, 0.5) is 16.0 Å². The number of rotatable bonds is 3. The zero-order valence-electron chi connectivity index (χ0n) is 13.9. The van der Waals surface area contributed by atoms with E-state index in [1.807, 2.05) is 21.6 Å². The van der Waals surface area contributed by atoms with Crippen molar-refractivity contribution in [2.45, 2.75) is 12.8 Å². The summed E-state index contributed by atoms with van der Waals surface area (Å²) in [6.45, 7) is 1.27. The van der Waals surface area contributed by atoms with Gasteiger partial charge in [0.15, 0.2) is 5.65 Å². The summed E-state index contributed by atoms with van der Waals surface area (Å²) in [4.78, 5) is 14.6. The lowest BCUT2D eigenvalue weighted by Crippen LogP contribution is -2.41. The standard InChI is InChI=1S/C18H17ClFN5O/c19-13-6-4-10-25-16(13)22-23-18(25)24-9-3-5-12(11-24)17(26)21-15-8-2-1-7-14(15)20/h1-2,4,6-8,10,12H,3,5,9,11H2,(H,21,26)/t12-/m1/s1. The highest BCUT2D eigenvalue weighted by atomic mass is 35.5. The quantitative estimate of drug-likeness (QED) is 0.764. The first-order chi connectivity index (χ1) is 12.6. The number of aromatic nitrogens is 3. The maximum absolute atomic E-state index is 13.8. The van der Waals surface area contributed by atoms with E-state index in [1.165, 1.54) is 6.07 Å². The topological polar surface area (TPSA) is 62.5 Å². The van der Waals surface area contributed by atoms with E-state index in [4.69, 9.17) is 11.6 Å². The molecule has 134 valence electrons. The van der Waals surface area contributed by atoms with Crippen LogP contribution in [-0.4, -0.2) is 33.6 Å². The number of benzene rings is 1. The van der Waals surface area contributed by atoms with Crippen molar-refractivity contribution in [3.05, 3.63) is 53.4 Å². The van der Waals surface area contributed by atoms with Gasteiger partial charge in [0, 0.05) is 19.3 Å². The van der Waals surface area contributed by atoms with Crippen molar-refractivity contribution in [2.75, 3.05) is 23.3 Å². The Morgan fingerprint density at radius 3 is 2.92 bits per heavy atom. The lowest BCUT2D eigenvalue weighted by molar-refractivity contribution is -0.120. The summed E-state index contributed by atoms with van der Waals surface area (Å²) in [6, 6.07) is 9.76. The molecule has 4 rings (SSSR count). The smallest absolute Gasteiger partial charge is 0.231 e. The molecule has 0 unspecified atom stereocenters. The minimum Gasteiger partial charge on any atom is -0.340 e. The number of para-hydroxylation sites is 1. The number of fused-ring (bicyclic) bond motifs is 1. The van der Waals surface area contributed by atoms with Gasteiger partial charge >= 0.3 is 0 Å². The average Bonchev–Trinajstić information content (AvgIpc) is 3.09. The third-order valence-electron chi connectivity index (χ3n) is 4.58. The van der Waals surface area contributed by atoms with Crippen LogP contribution in [0.5, 0.6) is 0 Å². The average molecular weight is 374 g/mol. The molecule has 0 spiro atoms. The Morgan fingerprint density at radius 2 is 2.08 bits per heavy atom. The number of piperidine rings is 1. The second kappa shape index (κ2) is 6.92. The van der Waals surface area contributed by atoms with Gasteiger partial charge in [0.1, 0.15) is 5.82 Å². The molecule has 6 nitrogen and oxygen atoms in total. The van der Waals surface area contributed by atoms with E-state index in [0.29, 0.717) is 23.2 Å². The molecule has 3 heterocycles. The largest absolute Gasteiger partial charge is 0.340 e. The van der Waals surface area contributed by atoms with Crippen LogP contribution in [-0.2, 0) is 4.79 Å². The predicted octanol–water partition coefficient (Wildman–Crippen LogP) is 3.38. The fraction of sp³-hybridized carbons (Fsp3) is 0.278. The maximum Gasteiger partial charge on any atom is 0.231 e. The van der Waals surface area contributed by atoms with E-state index in [9.17, 15) is 9.18 Å². The Balaban J connectivity index is 1.53. The number of hydrogen-bond acceptors (Lipinski definition) is 4. The summed E-state index contributed by atoms with van der Waals surface area (Å²) in [5, 5.41) is 11.6. The van der Waals surface area contributed by atoms with E-state index >= 15 is 0 Å². The normalized spacial score (nSPS) is 17.5. The SMILES string of the molecule is O=C(Nc1ccccc1F)[C@@H]1CCCN(c2nnc3c(Cl)cccn23)C1. The van der Waals surface area contributed by atoms with Crippen molar-refractivity contribution in [1.29, 1.82) is 0 Å². The Kier molecular flexibility index (Phi) is 4.46. The van der Waals surface area contributed by atoms with Crippen molar-refractivity contribution >= 4 is 34.8 Å². The summed E-state index contributed by atoms with van der Waals surface area (Å²) >= 11 is 6.15. The van der Waals surface area contributed by atoms with Crippen LogP contribution in [0.3, 0.4) is 0 Å². The van der Waals surface area contributed by atoms with E-state index in [2.05, 4.69) is 15.5 Å². The summed E-state index contributed by atoms with van der Waals surface area (Å²) in [5.74, 6) is -0.223. The van der Waals surface area contributed by atoms with Crippen molar-refractivity contribution in [3.63, 3.8) is 0 Å². The summed E-state index contributed by atoms with van der Waals surface area (Å²) in [6.07, 6.45) is 3.43. The molecule has 3 aromatic rings. The van der Waals surface area contributed by atoms with Crippen LogP contribution in [0.15, 0.2) is 42.6 Å². The summed E-state index contributed by atoms with van der Waals surface area (Å²) in [5.41, 5.74) is 0.788. The first-order valence-electron chi connectivity index (χ1n) is 8.43. The van der Waals surface area contributed by atoms with E-state index in [0.717, 1.165) is 19.4 Å². The monoisotopic (exact) mass is 373 g/mol. The zero-order chi connectivity index (χ0) is 18.1. The highest BCUT2D eigenvalue weighted by Gasteiger charge is 2.28. The Labute approximate surface area is 154 Å². The molecular weight excluding hydrogens is 357 g/mol. The first kappa shape index (κ1) is 16.8. The highest BCUT2D eigenvalue weighted by Crippen LogP contribution is 2.25. The molecule has 1 saturated heterocycles. The second-order valence-corrected chi connectivity index (χ2v) is 6.71. The number of amides is 1. The maximum atomic E-state index is 13.8. The van der Waals surface area contributed by atoms with Gasteiger partial charge in [-0.05, 0) is 37.1 Å².